The molecule has 5 heteroatoms. The third-order valence-corrected chi connectivity index (χ3v) is 6.39. The maximum atomic E-state index is 11.5. The van der Waals surface area contributed by atoms with E-state index < -0.39 is 0 Å². The van der Waals surface area contributed by atoms with Crippen LogP contribution in [-0.4, -0.2) is 24.1 Å². The first-order valence-corrected chi connectivity index (χ1v) is 10.9. The summed E-state index contributed by atoms with van der Waals surface area (Å²) in [5.41, 5.74) is 10.7. The van der Waals surface area contributed by atoms with Crippen LogP contribution in [0, 0.1) is 12.8 Å². The van der Waals surface area contributed by atoms with Crippen molar-refractivity contribution in [1.82, 2.24) is 0 Å². The quantitative estimate of drug-likeness (QED) is 0.624. The van der Waals surface area contributed by atoms with Crippen LogP contribution in [0.3, 0.4) is 0 Å². The summed E-state index contributed by atoms with van der Waals surface area (Å²) in [6, 6.07) is 6.64. The predicted octanol–water partition coefficient (Wildman–Crippen LogP) is 5.44. The van der Waals surface area contributed by atoms with Crippen molar-refractivity contribution in [3.63, 3.8) is 0 Å². The number of rotatable bonds is 6. The van der Waals surface area contributed by atoms with Gasteiger partial charge in [0.05, 0.1) is 16.4 Å². The smallest absolute Gasteiger partial charge is 0.175 e. The number of halogens is 1. The summed E-state index contributed by atoms with van der Waals surface area (Å²) in [5.74, 6) is 0.693. The van der Waals surface area contributed by atoms with Gasteiger partial charge in [-0.05, 0) is 87.5 Å². The molecule has 0 radical (unpaired) electrons. The fourth-order valence-corrected chi connectivity index (χ4v) is 4.52. The van der Waals surface area contributed by atoms with Crippen LogP contribution >= 0.6 is 11.6 Å². The molecule has 0 unspecified atom stereocenters. The number of hydrogen-bond acceptors (Lipinski definition) is 4. The van der Waals surface area contributed by atoms with Gasteiger partial charge in [0.25, 0.3) is 0 Å². The minimum absolute atomic E-state index is 0.0378. The highest BCUT2D eigenvalue weighted by Crippen LogP contribution is 2.31. The van der Waals surface area contributed by atoms with Crippen molar-refractivity contribution >= 4 is 28.8 Å². The molecule has 28 heavy (non-hydrogen) atoms. The number of aryl methyl sites for hydroxylation is 1. The average molecular weight is 402 g/mol. The van der Waals surface area contributed by atoms with Gasteiger partial charge >= 0.3 is 0 Å². The molecule has 2 aliphatic carbocycles. The van der Waals surface area contributed by atoms with Gasteiger partial charge in [0, 0.05) is 25.2 Å². The van der Waals surface area contributed by atoms with Crippen molar-refractivity contribution in [3.8, 4) is 0 Å². The molecule has 3 rings (SSSR count). The zero-order chi connectivity index (χ0) is 20.1. The molecule has 2 aliphatic rings. The second-order valence-corrected chi connectivity index (χ2v) is 8.67. The van der Waals surface area contributed by atoms with Gasteiger partial charge in [0.1, 0.15) is 0 Å². The monoisotopic (exact) mass is 401 g/mol. The SMILES string of the molecule is CC(=O)/C(N)=C1\CCCC1=NCCC1CCC(Nc2cc(C)ccc2Cl)CC1. The summed E-state index contributed by atoms with van der Waals surface area (Å²) in [5, 5.41) is 4.43. The first-order valence-electron chi connectivity index (χ1n) is 10.5. The highest BCUT2D eigenvalue weighted by atomic mass is 35.5. The molecule has 4 nitrogen and oxygen atoms in total. The minimum atomic E-state index is -0.0378. The number of nitrogens with zero attached hydrogens (tertiary/aromatic N) is 1. The number of benzene rings is 1. The van der Waals surface area contributed by atoms with E-state index in [-0.39, 0.29) is 5.78 Å². The van der Waals surface area contributed by atoms with Gasteiger partial charge in [0.2, 0.25) is 0 Å². The minimum Gasteiger partial charge on any atom is -0.396 e. The maximum absolute atomic E-state index is 11.5. The zero-order valence-electron chi connectivity index (χ0n) is 17.1. The van der Waals surface area contributed by atoms with E-state index in [1.807, 2.05) is 12.1 Å². The fourth-order valence-electron chi connectivity index (χ4n) is 4.35. The Morgan fingerprint density at radius 3 is 2.71 bits per heavy atom. The number of carbonyl (C=O) groups excluding carboxylic acids is 1. The van der Waals surface area contributed by atoms with Crippen LogP contribution in [0.15, 0.2) is 34.5 Å². The second-order valence-electron chi connectivity index (χ2n) is 8.26. The number of anilines is 1. The molecule has 1 aromatic rings. The van der Waals surface area contributed by atoms with Crippen LogP contribution in [0.4, 0.5) is 5.69 Å². The number of carbonyl (C=O) groups is 1. The largest absolute Gasteiger partial charge is 0.396 e. The van der Waals surface area contributed by atoms with Crippen LogP contribution in [0.5, 0.6) is 0 Å². The molecule has 0 heterocycles. The van der Waals surface area contributed by atoms with Crippen molar-refractivity contribution < 1.29 is 4.79 Å². The van der Waals surface area contributed by atoms with E-state index in [0.717, 1.165) is 60.1 Å². The molecule has 0 atom stereocenters. The second kappa shape index (κ2) is 9.60. The average Bonchev–Trinajstić information content (AvgIpc) is 3.14. The molecule has 0 spiro atoms. The first kappa shape index (κ1) is 20.9. The summed E-state index contributed by atoms with van der Waals surface area (Å²) in [6.07, 6.45) is 8.82. The standard InChI is InChI=1S/C23H32ClN3O/c1-15-6-11-20(24)22(14-15)27-18-9-7-17(8-10-18)12-13-26-21-5-3-4-19(21)23(25)16(2)28/h6,11,14,17-18,27H,3-5,7-10,12-13,25H2,1-2H3/b23-19-,26-21?. The zero-order valence-corrected chi connectivity index (χ0v) is 17.8. The van der Waals surface area contributed by atoms with Crippen LogP contribution in [0.2, 0.25) is 5.02 Å². The number of aliphatic imine (C=N–C) groups is 1. The van der Waals surface area contributed by atoms with Crippen LogP contribution in [0.1, 0.15) is 63.9 Å². The van der Waals surface area contributed by atoms with E-state index in [1.54, 1.807) is 0 Å². The highest BCUT2D eigenvalue weighted by molar-refractivity contribution is 6.33. The van der Waals surface area contributed by atoms with Gasteiger partial charge in [-0.25, -0.2) is 0 Å². The lowest BCUT2D eigenvalue weighted by atomic mass is 9.84. The fraction of sp³-hybridized carbons (Fsp3) is 0.565. The lowest BCUT2D eigenvalue weighted by Crippen LogP contribution is -2.26. The molecule has 0 aliphatic heterocycles. The Bertz CT molecular complexity index is 776. The van der Waals surface area contributed by atoms with Gasteiger partial charge in [-0.3, -0.25) is 9.79 Å². The van der Waals surface area contributed by atoms with Gasteiger partial charge in [0.15, 0.2) is 5.78 Å². The van der Waals surface area contributed by atoms with E-state index in [9.17, 15) is 4.79 Å². The first-order chi connectivity index (χ1) is 13.4. The number of ketones is 1. The van der Waals surface area contributed by atoms with Crippen molar-refractivity contribution in [2.75, 3.05) is 11.9 Å². The van der Waals surface area contributed by atoms with E-state index >= 15 is 0 Å². The Balaban J connectivity index is 1.46. The van der Waals surface area contributed by atoms with Crippen molar-refractivity contribution in [1.29, 1.82) is 0 Å². The van der Waals surface area contributed by atoms with Gasteiger partial charge in [-0.15, -0.1) is 0 Å². The number of allylic oxidation sites excluding steroid dienone is 2. The molecular formula is C23H32ClN3O. The number of hydrogen-bond donors (Lipinski definition) is 2. The summed E-state index contributed by atoms with van der Waals surface area (Å²) < 4.78 is 0. The van der Waals surface area contributed by atoms with Crippen molar-refractivity contribution in [2.24, 2.45) is 16.6 Å². The third kappa shape index (κ3) is 5.38. The van der Waals surface area contributed by atoms with E-state index in [1.165, 1.54) is 38.2 Å². The number of nitrogens with one attached hydrogen (secondary N) is 1. The Hall–Kier alpha value is -1.81. The molecule has 1 aromatic carbocycles. The predicted molar refractivity (Wildman–Crippen MR) is 118 cm³/mol. The molecule has 3 N–H and O–H groups in total. The summed E-state index contributed by atoms with van der Waals surface area (Å²) >= 11 is 6.32. The summed E-state index contributed by atoms with van der Waals surface area (Å²) in [6.45, 7) is 4.47. The molecular weight excluding hydrogens is 370 g/mol. The van der Waals surface area contributed by atoms with Crippen LogP contribution < -0.4 is 11.1 Å². The summed E-state index contributed by atoms with van der Waals surface area (Å²) in [4.78, 5) is 16.4. The number of nitrogens with two attached hydrogens (primary N) is 1. The summed E-state index contributed by atoms with van der Waals surface area (Å²) in [7, 11) is 0. The van der Waals surface area contributed by atoms with Crippen molar-refractivity contribution in [2.45, 2.75) is 71.3 Å². The molecule has 0 saturated heterocycles. The Kier molecular flexibility index (Phi) is 7.17. The van der Waals surface area contributed by atoms with Crippen LogP contribution in [-0.2, 0) is 4.79 Å². The topological polar surface area (TPSA) is 67.5 Å². The van der Waals surface area contributed by atoms with E-state index in [0.29, 0.717) is 11.7 Å². The van der Waals surface area contributed by atoms with E-state index in [2.05, 4.69) is 18.3 Å². The lowest BCUT2D eigenvalue weighted by Gasteiger charge is -2.30. The third-order valence-electron chi connectivity index (χ3n) is 6.06. The van der Waals surface area contributed by atoms with Gasteiger partial charge in [-0.2, -0.15) is 0 Å². The lowest BCUT2D eigenvalue weighted by molar-refractivity contribution is -0.113. The molecule has 0 bridgehead atoms. The molecule has 2 saturated carbocycles. The Morgan fingerprint density at radius 2 is 2.00 bits per heavy atom. The molecule has 0 amide bonds. The maximum Gasteiger partial charge on any atom is 0.175 e. The highest BCUT2D eigenvalue weighted by Gasteiger charge is 2.23. The number of Topliss-reactive ketones (excluding diaryl/α,β-unsaturated/α-hetero) is 1. The Morgan fingerprint density at radius 1 is 1.25 bits per heavy atom. The molecule has 2 fully saturated rings. The van der Waals surface area contributed by atoms with Crippen molar-refractivity contribution in [3.05, 3.63) is 40.1 Å². The van der Waals surface area contributed by atoms with Gasteiger partial charge < -0.3 is 11.1 Å². The normalized spacial score (nSPS) is 25.8. The molecule has 152 valence electrons. The van der Waals surface area contributed by atoms with E-state index in [4.69, 9.17) is 22.3 Å². The molecule has 0 aromatic heterocycles. The van der Waals surface area contributed by atoms with Crippen LogP contribution in [0.25, 0.3) is 0 Å². The van der Waals surface area contributed by atoms with Gasteiger partial charge in [-0.1, -0.05) is 17.7 Å². The Labute approximate surface area is 173 Å².